The summed E-state index contributed by atoms with van der Waals surface area (Å²) in [5.74, 6) is -0.184. The lowest BCUT2D eigenvalue weighted by molar-refractivity contribution is -0.134. The number of amides is 1. The molecule has 3 N–H and O–H groups in total. The van der Waals surface area contributed by atoms with Gasteiger partial charge in [-0.15, -0.1) is 0 Å². The summed E-state index contributed by atoms with van der Waals surface area (Å²) in [5, 5.41) is 1.06. The Morgan fingerprint density at radius 3 is 2.77 bits per heavy atom. The second-order valence-corrected chi connectivity index (χ2v) is 10.2. The van der Waals surface area contributed by atoms with Gasteiger partial charge in [-0.25, -0.2) is 4.98 Å². The molecule has 2 aliphatic rings. The Kier molecular flexibility index (Phi) is 6.41. The molecule has 0 bridgehead atoms. The van der Waals surface area contributed by atoms with Gasteiger partial charge in [-0.3, -0.25) is 19.1 Å². The molecule has 2 aromatic heterocycles. The number of nitrogens with zero attached hydrogens (tertiary/aromatic N) is 4. The summed E-state index contributed by atoms with van der Waals surface area (Å²) in [6, 6.07) is 5.48. The maximum Gasteiger partial charge on any atom is 0.249 e. The molecule has 1 aromatic carbocycles. The summed E-state index contributed by atoms with van der Waals surface area (Å²) >= 11 is 3.75. The van der Waals surface area contributed by atoms with E-state index in [0.717, 1.165) is 38.7 Å². The van der Waals surface area contributed by atoms with E-state index in [2.05, 4.69) is 50.0 Å². The van der Waals surface area contributed by atoms with E-state index in [1.165, 1.54) is 5.57 Å². The molecule has 3 atom stereocenters. The Balaban J connectivity index is 1.58. The van der Waals surface area contributed by atoms with Crippen LogP contribution in [0.25, 0.3) is 16.5 Å². The monoisotopic (exact) mass is 538 g/mol. The van der Waals surface area contributed by atoms with E-state index < -0.39 is 6.04 Å². The number of benzene rings is 1. The second-order valence-electron chi connectivity index (χ2n) is 9.41. The van der Waals surface area contributed by atoms with E-state index in [1.807, 2.05) is 30.9 Å². The minimum absolute atomic E-state index is 0.147. The van der Waals surface area contributed by atoms with Crippen LogP contribution in [0.4, 0.5) is 0 Å². The molecular formula is C26H31BrN6O2. The van der Waals surface area contributed by atoms with Gasteiger partial charge in [0.1, 0.15) is 0 Å². The van der Waals surface area contributed by atoms with Gasteiger partial charge < -0.3 is 15.6 Å². The van der Waals surface area contributed by atoms with Crippen molar-refractivity contribution in [1.29, 1.82) is 0 Å². The van der Waals surface area contributed by atoms with E-state index in [4.69, 9.17) is 5.73 Å². The molecule has 3 heterocycles. The third-order valence-corrected chi connectivity index (χ3v) is 8.24. The Hall–Kier alpha value is -2.75. The summed E-state index contributed by atoms with van der Waals surface area (Å²) in [4.78, 5) is 38.0. The van der Waals surface area contributed by atoms with Crippen molar-refractivity contribution in [3.8, 4) is 0 Å². The Morgan fingerprint density at radius 2 is 2.09 bits per heavy atom. The van der Waals surface area contributed by atoms with Crippen LogP contribution < -0.4 is 5.73 Å². The summed E-state index contributed by atoms with van der Waals surface area (Å²) in [7, 11) is 2.08. The quantitative estimate of drug-likeness (QED) is 0.502. The smallest absolute Gasteiger partial charge is 0.249 e. The maximum absolute atomic E-state index is 13.5. The number of nitrogens with two attached hydrogens (primary N) is 1. The van der Waals surface area contributed by atoms with Crippen LogP contribution >= 0.6 is 15.9 Å². The van der Waals surface area contributed by atoms with Gasteiger partial charge in [-0.1, -0.05) is 18.2 Å². The molecule has 35 heavy (non-hydrogen) atoms. The number of aromatic amines is 1. The first-order valence-corrected chi connectivity index (χ1v) is 12.9. The first-order valence-electron chi connectivity index (χ1n) is 12.2. The van der Waals surface area contributed by atoms with Crippen LogP contribution in [0, 0.1) is 5.92 Å². The number of carbonyl (C=O) groups is 2. The van der Waals surface area contributed by atoms with Gasteiger partial charge in [0.15, 0.2) is 0 Å². The fourth-order valence-corrected chi connectivity index (χ4v) is 6.34. The SMILES string of the molecule is CCN(CC)C(=O)[C@@H]1C=C2c3cccc4c3c(c(Br)n4C(=O)[C@@H](N)Cc3c[nH]cn3)C[C@H]2N(C)C1. The normalized spacial score (nSPS) is 20.4. The highest BCUT2D eigenvalue weighted by Gasteiger charge is 2.38. The van der Waals surface area contributed by atoms with Crippen LogP contribution in [-0.4, -0.2) is 74.9 Å². The molecule has 0 fully saturated rings. The number of H-pyrrole nitrogens is 1. The van der Waals surface area contributed by atoms with Gasteiger partial charge >= 0.3 is 0 Å². The van der Waals surface area contributed by atoms with Crippen molar-refractivity contribution in [1.82, 2.24) is 24.3 Å². The molecule has 1 aliphatic heterocycles. The predicted octanol–water partition coefficient (Wildman–Crippen LogP) is 3.08. The van der Waals surface area contributed by atoms with Gasteiger partial charge in [0.2, 0.25) is 11.8 Å². The molecule has 0 radical (unpaired) electrons. The zero-order valence-corrected chi connectivity index (χ0v) is 21.9. The molecule has 8 nitrogen and oxygen atoms in total. The highest BCUT2D eigenvalue weighted by atomic mass is 79.9. The van der Waals surface area contributed by atoms with Crippen molar-refractivity contribution in [3.63, 3.8) is 0 Å². The molecule has 0 saturated heterocycles. The number of carbonyl (C=O) groups excluding carboxylic acids is 2. The van der Waals surface area contributed by atoms with E-state index in [-0.39, 0.29) is 23.8 Å². The molecule has 9 heteroatoms. The van der Waals surface area contributed by atoms with E-state index in [9.17, 15) is 9.59 Å². The van der Waals surface area contributed by atoms with Crippen LogP contribution in [0.3, 0.4) is 0 Å². The zero-order valence-electron chi connectivity index (χ0n) is 20.3. The first-order chi connectivity index (χ1) is 16.8. The van der Waals surface area contributed by atoms with Crippen molar-refractivity contribution in [3.05, 3.63) is 58.2 Å². The molecule has 184 valence electrons. The summed E-state index contributed by atoms with van der Waals surface area (Å²) in [6.07, 6.45) is 6.63. The van der Waals surface area contributed by atoms with Crippen LogP contribution in [0.1, 0.15) is 35.5 Å². The lowest BCUT2D eigenvalue weighted by Gasteiger charge is -2.40. The summed E-state index contributed by atoms with van der Waals surface area (Å²) < 4.78 is 2.47. The van der Waals surface area contributed by atoms with Gasteiger partial charge in [0.25, 0.3) is 0 Å². The van der Waals surface area contributed by atoms with E-state index in [1.54, 1.807) is 17.1 Å². The van der Waals surface area contributed by atoms with Crippen molar-refractivity contribution in [2.24, 2.45) is 11.7 Å². The van der Waals surface area contributed by atoms with Crippen molar-refractivity contribution < 1.29 is 9.59 Å². The minimum Gasteiger partial charge on any atom is -0.351 e. The number of fused-ring (bicyclic) bond motifs is 2. The third kappa shape index (κ3) is 3.95. The van der Waals surface area contributed by atoms with Crippen molar-refractivity contribution >= 4 is 44.2 Å². The number of rotatable bonds is 6. The lowest BCUT2D eigenvalue weighted by Crippen LogP contribution is -2.47. The highest BCUT2D eigenvalue weighted by molar-refractivity contribution is 9.10. The number of aromatic nitrogens is 3. The minimum atomic E-state index is -0.720. The molecule has 3 aromatic rings. The number of imidazole rings is 1. The molecule has 5 rings (SSSR count). The number of hydrogen-bond donors (Lipinski definition) is 2. The van der Waals surface area contributed by atoms with Crippen LogP contribution in [0.2, 0.25) is 0 Å². The van der Waals surface area contributed by atoms with Gasteiger partial charge in [0, 0.05) is 43.7 Å². The molecule has 1 amide bonds. The standard InChI is InChI=1S/C26H31BrN6O2/c1-4-32(5-2)25(34)15-9-18-17-7-6-8-21-23(17)19(11-22(18)31(3)13-15)24(27)33(21)26(35)20(28)10-16-12-29-14-30-16/h6-9,12,14-15,20,22H,4-5,10-11,13,28H2,1-3H3,(H,29,30)/t15-,20+,22-/m1/s1. The predicted molar refractivity (Wildman–Crippen MR) is 140 cm³/mol. The average molecular weight is 539 g/mol. The van der Waals surface area contributed by atoms with Crippen LogP contribution in [-0.2, 0) is 17.6 Å². The molecule has 0 spiro atoms. The Morgan fingerprint density at radius 1 is 1.31 bits per heavy atom. The molecule has 0 saturated carbocycles. The second kappa shape index (κ2) is 9.37. The topological polar surface area (TPSA) is 100 Å². The third-order valence-electron chi connectivity index (χ3n) is 7.41. The van der Waals surface area contributed by atoms with Crippen LogP contribution in [0.15, 0.2) is 41.4 Å². The molecule has 0 unspecified atom stereocenters. The number of nitrogens with one attached hydrogen (secondary N) is 1. The van der Waals surface area contributed by atoms with E-state index in [0.29, 0.717) is 26.1 Å². The van der Waals surface area contributed by atoms with Gasteiger partial charge in [0.05, 0.1) is 34.1 Å². The number of hydrogen-bond acceptors (Lipinski definition) is 5. The van der Waals surface area contributed by atoms with Gasteiger partial charge in [-0.05, 0) is 66.0 Å². The first kappa shape index (κ1) is 24.0. The van der Waals surface area contributed by atoms with Crippen molar-refractivity contribution in [2.45, 2.75) is 38.8 Å². The average Bonchev–Trinajstić information content (AvgIpc) is 3.46. The lowest BCUT2D eigenvalue weighted by atomic mass is 9.79. The fourth-order valence-electron chi connectivity index (χ4n) is 5.61. The fraction of sp³-hybridized carbons (Fsp3) is 0.423. The summed E-state index contributed by atoms with van der Waals surface area (Å²) in [6.45, 7) is 6.13. The van der Waals surface area contributed by atoms with Crippen LogP contribution in [0.5, 0.6) is 0 Å². The Bertz CT molecular complexity index is 1310. The largest absolute Gasteiger partial charge is 0.351 e. The Labute approximate surface area is 213 Å². The van der Waals surface area contributed by atoms with E-state index >= 15 is 0 Å². The van der Waals surface area contributed by atoms with Crippen molar-refractivity contribution in [2.75, 3.05) is 26.7 Å². The molecular weight excluding hydrogens is 508 g/mol. The highest BCUT2D eigenvalue weighted by Crippen LogP contribution is 2.45. The zero-order chi connectivity index (χ0) is 24.9. The summed E-state index contributed by atoms with van der Waals surface area (Å²) in [5.41, 5.74) is 11.3. The number of likely N-dealkylation sites (N-methyl/N-ethyl adjacent to an activating group) is 1. The van der Waals surface area contributed by atoms with Gasteiger partial charge in [-0.2, -0.15) is 0 Å². The number of halogens is 1. The maximum atomic E-state index is 13.5. The molecule has 1 aliphatic carbocycles.